The third kappa shape index (κ3) is 9.19. The molecule has 0 aliphatic carbocycles. The molecule has 0 aliphatic heterocycles. The number of carbonyl (C=O) groups excluding carboxylic acids is 4. The van der Waals surface area contributed by atoms with Crippen LogP contribution in [0.25, 0.3) is 5.65 Å². The highest BCUT2D eigenvalue weighted by Gasteiger charge is 2.28. The van der Waals surface area contributed by atoms with E-state index in [9.17, 15) is 24.0 Å². The Balaban J connectivity index is 1.68. The average molecular weight is 569 g/mol. The van der Waals surface area contributed by atoms with Crippen LogP contribution >= 0.6 is 0 Å². The van der Waals surface area contributed by atoms with Crippen molar-refractivity contribution in [2.45, 2.75) is 52.0 Å². The fourth-order valence-corrected chi connectivity index (χ4v) is 3.47. The van der Waals surface area contributed by atoms with Gasteiger partial charge in [0.2, 0.25) is 0 Å². The van der Waals surface area contributed by atoms with E-state index in [2.05, 4.69) is 20.7 Å². The lowest BCUT2D eigenvalue weighted by Gasteiger charge is -2.24. The molecule has 0 fully saturated rings. The second-order valence-corrected chi connectivity index (χ2v) is 9.83. The van der Waals surface area contributed by atoms with Gasteiger partial charge < -0.3 is 31.6 Å². The Hall–Kier alpha value is -5.21. The van der Waals surface area contributed by atoms with Crippen LogP contribution in [0.1, 0.15) is 43.1 Å². The van der Waals surface area contributed by atoms with Gasteiger partial charge in [-0.15, -0.1) is 5.10 Å². The number of hydrogen-bond donors (Lipinski definition) is 4. The second kappa shape index (κ2) is 13.2. The van der Waals surface area contributed by atoms with Crippen molar-refractivity contribution in [1.82, 2.24) is 24.8 Å². The molecule has 15 nitrogen and oxygen atoms in total. The smallest absolute Gasteiger partial charge is 0.408 e. The maximum Gasteiger partial charge on any atom is 0.408 e. The van der Waals surface area contributed by atoms with E-state index in [1.807, 2.05) is 6.07 Å². The van der Waals surface area contributed by atoms with Crippen molar-refractivity contribution < 1.29 is 28.7 Å². The first kappa shape index (κ1) is 30.3. The van der Waals surface area contributed by atoms with Crippen molar-refractivity contribution in [2.24, 2.45) is 16.5 Å². The molecule has 1 aromatic carbocycles. The highest BCUT2D eigenvalue weighted by molar-refractivity contribution is 5.95. The minimum Gasteiger partial charge on any atom is -0.458 e. The van der Waals surface area contributed by atoms with E-state index in [1.165, 1.54) is 18.3 Å². The first-order valence-corrected chi connectivity index (χ1v) is 12.5. The predicted molar refractivity (Wildman–Crippen MR) is 147 cm³/mol. The normalized spacial score (nSPS) is 11.8. The van der Waals surface area contributed by atoms with Gasteiger partial charge in [0, 0.05) is 19.2 Å². The Morgan fingerprint density at radius 3 is 2.44 bits per heavy atom. The van der Waals surface area contributed by atoms with Crippen LogP contribution in [0.2, 0.25) is 0 Å². The molecule has 0 radical (unpaired) electrons. The molecule has 3 aromatic rings. The van der Waals surface area contributed by atoms with Crippen LogP contribution in [0.5, 0.6) is 0 Å². The van der Waals surface area contributed by atoms with E-state index in [0.717, 1.165) is 14.6 Å². The van der Waals surface area contributed by atoms with Crippen molar-refractivity contribution in [3.63, 3.8) is 0 Å². The van der Waals surface area contributed by atoms with Gasteiger partial charge in [0.15, 0.2) is 11.6 Å². The number of fused-ring (bicyclic) bond motifs is 1. The van der Waals surface area contributed by atoms with Crippen LogP contribution < -0.4 is 27.8 Å². The van der Waals surface area contributed by atoms with E-state index >= 15 is 0 Å². The zero-order valence-electron chi connectivity index (χ0n) is 22.8. The summed E-state index contributed by atoms with van der Waals surface area (Å²) in [6.45, 7) is 4.56. The third-order valence-electron chi connectivity index (χ3n) is 5.29. The van der Waals surface area contributed by atoms with Gasteiger partial charge in [-0.25, -0.2) is 23.5 Å². The number of aliphatic imine (C=N–C) groups is 1. The van der Waals surface area contributed by atoms with Gasteiger partial charge in [0.05, 0.1) is 12.1 Å². The van der Waals surface area contributed by atoms with Gasteiger partial charge in [0.1, 0.15) is 18.2 Å². The zero-order chi connectivity index (χ0) is 30.2. The second-order valence-electron chi connectivity index (χ2n) is 9.83. The number of nitrogens with zero attached hydrogens (tertiary/aromatic N) is 4. The molecule has 218 valence electrons. The van der Waals surface area contributed by atoms with Crippen molar-refractivity contribution >= 4 is 35.5 Å². The number of aryl methyl sites for hydroxylation is 1. The van der Waals surface area contributed by atoms with Crippen LogP contribution in [-0.4, -0.2) is 62.2 Å². The minimum atomic E-state index is -1.27. The van der Waals surface area contributed by atoms with Crippen LogP contribution in [-0.2, 0) is 32.2 Å². The number of nitrogens with two attached hydrogens (primary N) is 2. The fourth-order valence-electron chi connectivity index (χ4n) is 3.47. The van der Waals surface area contributed by atoms with E-state index < -0.39 is 41.2 Å². The number of rotatable bonds is 10. The van der Waals surface area contributed by atoms with Crippen LogP contribution in [0.15, 0.2) is 58.4 Å². The maximum atomic E-state index is 12.9. The Morgan fingerprint density at radius 2 is 1.78 bits per heavy atom. The number of hydrogen-bond acceptors (Lipinski definition) is 8. The lowest BCUT2D eigenvalue weighted by molar-refractivity contribution is -0.157. The lowest BCUT2D eigenvalue weighted by atomic mass is 10.2. The van der Waals surface area contributed by atoms with E-state index in [1.54, 1.807) is 45.0 Å². The molecule has 1 atom stereocenters. The summed E-state index contributed by atoms with van der Waals surface area (Å²) in [6.07, 6.45) is 0.220. The number of amides is 3. The molecule has 1 unspecified atom stereocenters. The van der Waals surface area contributed by atoms with Gasteiger partial charge in [-0.2, -0.15) is 4.99 Å². The maximum absolute atomic E-state index is 12.9. The van der Waals surface area contributed by atoms with Gasteiger partial charge in [-0.1, -0.05) is 30.3 Å². The summed E-state index contributed by atoms with van der Waals surface area (Å²) in [5.41, 5.74) is 9.95. The van der Waals surface area contributed by atoms with Crippen LogP contribution in [0.3, 0.4) is 0 Å². The predicted octanol–water partition coefficient (Wildman–Crippen LogP) is 0.0526. The molecule has 41 heavy (non-hydrogen) atoms. The first-order chi connectivity index (χ1) is 19.3. The summed E-state index contributed by atoms with van der Waals surface area (Å²) >= 11 is 0. The van der Waals surface area contributed by atoms with Crippen molar-refractivity contribution in [2.75, 3.05) is 6.54 Å². The molecule has 0 aliphatic rings. The van der Waals surface area contributed by atoms with Gasteiger partial charge in [-0.05, 0) is 38.5 Å². The molecule has 6 N–H and O–H groups in total. The number of carbonyl (C=O) groups is 4. The van der Waals surface area contributed by atoms with Crippen LogP contribution in [0, 0.1) is 0 Å². The molecule has 0 bridgehead atoms. The largest absolute Gasteiger partial charge is 0.458 e. The van der Waals surface area contributed by atoms with Gasteiger partial charge >= 0.3 is 17.8 Å². The topological polar surface area (TPSA) is 214 Å². The highest BCUT2D eigenvalue weighted by Crippen LogP contribution is 2.09. The Bertz CT molecular complexity index is 1500. The van der Waals surface area contributed by atoms with Crippen molar-refractivity contribution in [1.29, 1.82) is 0 Å². The van der Waals surface area contributed by atoms with E-state index in [4.69, 9.17) is 20.9 Å². The molecule has 2 heterocycles. The van der Waals surface area contributed by atoms with E-state index in [-0.39, 0.29) is 43.3 Å². The Labute approximate surface area is 234 Å². The average Bonchev–Trinajstić information content (AvgIpc) is 3.22. The number of esters is 1. The SMILES string of the molecule is CC(C)(C)OC(=O)C(CNC(=O)c1ccc2nn(CCC(=O)N=C(N)N)c(=O)n2c1)NC(=O)OCc1ccccc1. The molecule has 0 spiro atoms. The summed E-state index contributed by atoms with van der Waals surface area (Å²) < 4.78 is 12.7. The number of benzene rings is 1. The molecule has 15 heteroatoms. The molecular formula is C26H32N8O7. The fraction of sp³-hybridized carbons (Fsp3) is 0.346. The van der Waals surface area contributed by atoms with E-state index in [0.29, 0.717) is 0 Å². The molecule has 3 amide bonds. The van der Waals surface area contributed by atoms with Crippen LogP contribution in [0.4, 0.5) is 4.79 Å². The summed E-state index contributed by atoms with van der Waals surface area (Å²) in [4.78, 5) is 65.9. The molecule has 0 saturated heterocycles. The minimum absolute atomic E-state index is 0.0228. The summed E-state index contributed by atoms with van der Waals surface area (Å²) in [5.74, 6) is -2.42. The molecule has 0 saturated carbocycles. The molecule has 3 rings (SSSR count). The number of guanidine groups is 1. The summed E-state index contributed by atoms with van der Waals surface area (Å²) in [6, 6.07) is 10.6. The number of pyridine rings is 1. The zero-order valence-corrected chi connectivity index (χ0v) is 22.8. The van der Waals surface area contributed by atoms with Crippen molar-refractivity contribution in [3.8, 4) is 0 Å². The molecule has 2 aromatic heterocycles. The lowest BCUT2D eigenvalue weighted by Crippen LogP contribution is -2.50. The summed E-state index contributed by atoms with van der Waals surface area (Å²) in [7, 11) is 0. The number of aromatic nitrogens is 3. The number of ether oxygens (including phenoxy) is 2. The van der Waals surface area contributed by atoms with Gasteiger partial charge in [-0.3, -0.25) is 9.59 Å². The number of alkyl carbamates (subject to hydrolysis) is 1. The third-order valence-corrected chi connectivity index (χ3v) is 5.29. The number of nitrogens with one attached hydrogen (secondary N) is 2. The summed E-state index contributed by atoms with van der Waals surface area (Å²) in [5, 5.41) is 9.10. The Morgan fingerprint density at radius 1 is 1.07 bits per heavy atom. The van der Waals surface area contributed by atoms with Gasteiger partial charge in [0.25, 0.3) is 11.8 Å². The first-order valence-electron chi connectivity index (χ1n) is 12.5. The molecular weight excluding hydrogens is 536 g/mol. The standard InChI is InChI=1S/C26H32N8O7/c1-26(2,3)41-22(37)18(30-24(38)40-15-16-7-5-4-6-8-16)13-29-21(36)17-9-10-19-32-34(25(39)33(19)14-17)12-11-20(35)31-23(27)28/h4-10,14,18H,11-13,15H2,1-3H3,(H,29,36)(H,30,38)(H4,27,28,31,35). The van der Waals surface area contributed by atoms with Crippen molar-refractivity contribution in [3.05, 3.63) is 70.3 Å². The highest BCUT2D eigenvalue weighted by atomic mass is 16.6. The monoisotopic (exact) mass is 568 g/mol. The quantitative estimate of drug-likeness (QED) is 0.146. The Kier molecular flexibility index (Phi) is 9.79.